The van der Waals surface area contributed by atoms with Crippen molar-refractivity contribution in [2.45, 2.75) is 32.4 Å². The van der Waals surface area contributed by atoms with Gasteiger partial charge in [0.15, 0.2) is 0 Å². The minimum absolute atomic E-state index is 0. The molecular formula is C20H31ClN4O2. The number of hydrogen-bond acceptors (Lipinski definition) is 3. The first kappa shape index (κ1) is 21.5. The number of rotatable bonds is 3. The predicted molar refractivity (Wildman–Crippen MR) is 109 cm³/mol. The van der Waals surface area contributed by atoms with Crippen molar-refractivity contribution in [3.63, 3.8) is 0 Å². The Morgan fingerprint density at radius 2 is 1.81 bits per heavy atom. The summed E-state index contributed by atoms with van der Waals surface area (Å²) in [7, 11) is 1.84. The number of urea groups is 1. The van der Waals surface area contributed by atoms with Gasteiger partial charge in [0.1, 0.15) is 0 Å². The number of carbonyl (C=O) groups is 2. The highest BCUT2D eigenvalue weighted by molar-refractivity contribution is 5.85. The average Bonchev–Trinajstić information content (AvgIpc) is 2.68. The molecule has 1 aromatic rings. The SMILES string of the molecule is C[C@H]1CNCCN1C(=O)C1CCN(C(=O)N(C)Cc2ccccc2)CC1.Cl. The van der Waals surface area contributed by atoms with Crippen LogP contribution in [0.15, 0.2) is 30.3 Å². The minimum atomic E-state index is 0. The zero-order chi connectivity index (χ0) is 18.5. The van der Waals surface area contributed by atoms with Gasteiger partial charge in [-0.05, 0) is 25.3 Å². The van der Waals surface area contributed by atoms with Crippen LogP contribution >= 0.6 is 12.4 Å². The highest BCUT2D eigenvalue weighted by Crippen LogP contribution is 2.22. The van der Waals surface area contributed by atoms with Gasteiger partial charge in [-0.15, -0.1) is 12.4 Å². The van der Waals surface area contributed by atoms with Crippen LogP contribution in [-0.2, 0) is 11.3 Å². The molecule has 2 saturated heterocycles. The number of carbonyl (C=O) groups excluding carboxylic acids is 2. The summed E-state index contributed by atoms with van der Waals surface area (Å²) in [6.07, 6.45) is 1.53. The van der Waals surface area contributed by atoms with E-state index in [9.17, 15) is 9.59 Å². The molecule has 0 radical (unpaired) electrons. The van der Waals surface area contributed by atoms with E-state index in [4.69, 9.17) is 0 Å². The summed E-state index contributed by atoms with van der Waals surface area (Å²) in [6, 6.07) is 10.3. The van der Waals surface area contributed by atoms with Gasteiger partial charge >= 0.3 is 6.03 Å². The van der Waals surface area contributed by atoms with Crippen LogP contribution in [0.4, 0.5) is 4.79 Å². The molecule has 2 heterocycles. The largest absolute Gasteiger partial charge is 0.337 e. The van der Waals surface area contributed by atoms with Gasteiger partial charge in [-0.25, -0.2) is 4.79 Å². The van der Waals surface area contributed by atoms with E-state index >= 15 is 0 Å². The highest BCUT2D eigenvalue weighted by Gasteiger charge is 2.33. The van der Waals surface area contributed by atoms with E-state index in [0.29, 0.717) is 19.6 Å². The van der Waals surface area contributed by atoms with E-state index in [1.807, 2.05) is 47.2 Å². The summed E-state index contributed by atoms with van der Waals surface area (Å²) < 4.78 is 0. The second kappa shape index (κ2) is 9.95. The molecule has 0 saturated carbocycles. The molecule has 0 aromatic heterocycles. The van der Waals surface area contributed by atoms with Crippen molar-refractivity contribution >= 4 is 24.3 Å². The predicted octanol–water partition coefficient (Wildman–Crippen LogP) is 2.19. The zero-order valence-electron chi connectivity index (χ0n) is 16.3. The van der Waals surface area contributed by atoms with Crippen molar-refractivity contribution < 1.29 is 9.59 Å². The molecule has 6 nitrogen and oxygen atoms in total. The Bertz CT molecular complexity index is 620. The Kier molecular flexibility index (Phi) is 7.92. The van der Waals surface area contributed by atoms with Gasteiger partial charge in [0, 0.05) is 58.3 Å². The van der Waals surface area contributed by atoms with Gasteiger partial charge in [-0.3, -0.25) is 4.79 Å². The lowest BCUT2D eigenvalue weighted by molar-refractivity contribution is -0.139. The maximum Gasteiger partial charge on any atom is 0.320 e. The standard InChI is InChI=1S/C20H30N4O2.ClH/c1-16-14-21-10-13-24(16)19(25)18-8-11-23(12-9-18)20(26)22(2)15-17-6-4-3-5-7-17;/h3-7,16,18,21H,8-15H2,1-2H3;1H/t16-;/m0./s1. The lowest BCUT2D eigenvalue weighted by atomic mass is 9.94. The van der Waals surface area contributed by atoms with E-state index in [-0.39, 0.29) is 36.3 Å². The van der Waals surface area contributed by atoms with Gasteiger partial charge in [0.25, 0.3) is 0 Å². The highest BCUT2D eigenvalue weighted by atomic mass is 35.5. The Balaban J connectivity index is 0.00000261. The van der Waals surface area contributed by atoms with Gasteiger partial charge in [0.05, 0.1) is 0 Å². The van der Waals surface area contributed by atoms with E-state index in [1.54, 1.807) is 4.90 Å². The zero-order valence-corrected chi connectivity index (χ0v) is 17.1. The molecule has 150 valence electrons. The molecule has 0 aliphatic carbocycles. The van der Waals surface area contributed by atoms with E-state index in [1.165, 1.54) is 0 Å². The van der Waals surface area contributed by atoms with Crippen LogP contribution in [0.25, 0.3) is 0 Å². The van der Waals surface area contributed by atoms with Crippen LogP contribution in [0.5, 0.6) is 0 Å². The lowest BCUT2D eigenvalue weighted by Gasteiger charge is -2.39. The van der Waals surface area contributed by atoms with Crippen molar-refractivity contribution in [2.24, 2.45) is 5.92 Å². The van der Waals surface area contributed by atoms with Crippen LogP contribution in [-0.4, -0.2) is 72.5 Å². The van der Waals surface area contributed by atoms with E-state index in [0.717, 1.165) is 38.0 Å². The van der Waals surface area contributed by atoms with Gasteiger partial charge in [-0.1, -0.05) is 30.3 Å². The number of hydrogen-bond donors (Lipinski definition) is 1. The Hall–Kier alpha value is -1.79. The van der Waals surface area contributed by atoms with Crippen molar-refractivity contribution in [1.82, 2.24) is 20.0 Å². The van der Waals surface area contributed by atoms with Gasteiger partial charge < -0.3 is 20.0 Å². The fourth-order valence-electron chi connectivity index (χ4n) is 3.89. The van der Waals surface area contributed by atoms with Gasteiger partial charge in [0.2, 0.25) is 5.91 Å². The van der Waals surface area contributed by atoms with Crippen LogP contribution in [0.1, 0.15) is 25.3 Å². The second-order valence-electron chi connectivity index (χ2n) is 7.47. The van der Waals surface area contributed by atoms with Crippen molar-refractivity contribution in [3.05, 3.63) is 35.9 Å². The Morgan fingerprint density at radius 1 is 1.15 bits per heavy atom. The molecule has 3 rings (SSSR count). The average molecular weight is 395 g/mol. The minimum Gasteiger partial charge on any atom is -0.337 e. The molecule has 2 aliphatic rings. The lowest BCUT2D eigenvalue weighted by Crippen LogP contribution is -2.55. The van der Waals surface area contributed by atoms with Crippen molar-refractivity contribution in [3.8, 4) is 0 Å². The monoisotopic (exact) mass is 394 g/mol. The summed E-state index contributed by atoms with van der Waals surface area (Å²) >= 11 is 0. The Morgan fingerprint density at radius 3 is 2.44 bits per heavy atom. The maximum atomic E-state index is 12.8. The number of piperidine rings is 1. The summed E-state index contributed by atoms with van der Waals surface area (Å²) in [5.41, 5.74) is 1.13. The van der Waals surface area contributed by atoms with Crippen LogP contribution < -0.4 is 5.32 Å². The molecule has 1 N–H and O–H groups in total. The normalized spacial score (nSPS) is 20.7. The number of piperazine rings is 1. The molecule has 1 atom stereocenters. The number of nitrogens with zero attached hydrogens (tertiary/aromatic N) is 3. The summed E-state index contributed by atoms with van der Waals surface area (Å²) in [6.45, 7) is 6.56. The van der Waals surface area contributed by atoms with Crippen LogP contribution in [0.3, 0.4) is 0 Å². The molecule has 3 amide bonds. The van der Waals surface area contributed by atoms with Gasteiger partial charge in [-0.2, -0.15) is 0 Å². The third-order valence-corrected chi connectivity index (χ3v) is 5.49. The molecule has 7 heteroatoms. The Labute approximate surface area is 168 Å². The first-order valence-electron chi connectivity index (χ1n) is 9.61. The molecule has 0 spiro atoms. The molecule has 0 bridgehead atoms. The summed E-state index contributed by atoms with van der Waals surface area (Å²) in [4.78, 5) is 31.1. The van der Waals surface area contributed by atoms with Crippen molar-refractivity contribution in [1.29, 1.82) is 0 Å². The third kappa shape index (κ3) is 5.36. The maximum absolute atomic E-state index is 12.8. The fraction of sp³-hybridized carbons (Fsp3) is 0.600. The number of nitrogens with one attached hydrogen (secondary N) is 1. The summed E-state index contributed by atoms with van der Waals surface area (Å²) in [5.74, 6) is 0.322. The molecule has 2 fully saturated rings. The number of amides is 3. The molecule has 0 unspecified atom stereocenters. The topological polar surface area (TPSA) is 55.9 Å². The van der Waals surface area contributed by atoms with E-state index < -0.39 is 0 Å². The molecule has 1 aromatic carbocycles. The quantitative estimate of drug-likeness (QED) is 0.855. The smallest absolute Gasteiger partial charge is 0.320 e. The molecule has 2 aliphatic heterocycles. The first-order chi connectivity index (χ1) is 12.6. The second-order valence-corrected chi connectivity index (χ2v) is 7.47. The number of halogens is 1. The summed E-state index contributed by atoms with van der Waals surface area (Å²) in [5, 5.41) is 3.32. The number of likely N-dealkylation sites (tertiary alicyclic amines) is 1. The van der Waals surface area contributed by atoms with Crippen molar-refractivity contribution in [2.75, 3.05) is 39.8 Å². The van der Waals surface area contributed by atoms with Crippen LogP contribution in [0.2, 0.25) is 0 Å². The molecular weight excluding hydrogens is 364 g/mol. The third-order valence-electron chi connectivity index (χ3n) is 5.49. The molecule has 27 heavy (non-hydrogen) atoms. The first-order valence-corrected chi connectivity index (χ1v) is 9.61. The number of benzene rings is 1. The van der Waals surface area contributed by atoms with Crippen LogP contribution in [0, 0.1) is 5.92 Å². The van der Waals surface area contributed by atoms with E-state index in [2.05, 4.69) is 12.2 Å². The fourth-order valence-corrected chi connectivity index (χ4v) is 3.89.